The van der Waals surface area contributed by atoms with Gasteiger partial charge in [0, 0.05) is 17.4 Å². The van der Waals surface area contributed by atoms with Crippen molar-refractivity contribution in [2.45, 2.75) is 17.9 Å². The summed E-state index contributed by atoms with van der Waals surface area (Å²) in [6.07, 6.45) is -1.04. The summed E-state index contributed by atoms with van der Waals surface area (Å²) in [7, 11) is -2.33. The third-order valence-electron chi connectivity index (χ3n) is 4.51. The second kappa shape index (κ2) is 10.0. The van der Waals surface area contributed by atoms with Crippen molar-refractivity contribution >= 4 is 33.0 Å². The van der Waals surface area contributed by atoms with E-state index in [2.05, 4.69) is 10.0 Å². The zero-order valence-corrected chi connectivity index (χ0v) is 18.5. The van der Waals surface area contributed by atoms with E-state index in [0.717, 1.165) is 0 Å². The van der Waals surface area contributed by atoms with Crippen LogP contribution in [0, 0.1) is 10.1 Å². The van der Waals surface area contributed by atoms with Gasteiger partial charge in [-0.25, -0.2) is 8.42 Å². The molecule has 0 aromatic heterocycles. The van der Waals surface area contributed by atoms with Crippen molar-refractivity contribution in [1.82, 2.24) is 0 Å². The van der Waals surface area contributed by atoms with Gasteiger partial charge in [0.2, 0.25) is 0 Å². The molecule has 33 heavy (non-hydrogen) atoms. The normalized spacial score (nSPS) is 11.8. The van der Waals surface area contributed by atoms with Crippen LogP contribution in [0.15, 0.2) is 77.7 Å². The Bertz CT molecular complexity index is 1240. The zero-order valence-electron chi connectivity index (χ0n) is 17.7. The Labute approximate surface area is 190 Å². The van der Waals surface area contributed by atoms with E-state index in [9.17, 15) is 23.3 Å². The number of anilines is 2. The highest BCUT2D eigenvalue weighted by molar-refractivity contribution is 7.92. The van der Waals surface area contributed by atoms with E-state index >= 15 is 0 Å². The van der Waals surface area contributed by atoms with E-state index in [1.165, 1.54) is 56.5 Å². The fourth-order valence-corrected chi connectivity index (χ4v) is 3.84. The van der Waals surface area contributed by atoms with Gasteiger partial charge in [-0.15, -0.1) is 0 Å². The lowest BCUT2D eigenvalue weighted by Crippen LogP contribution is -2.30. The van der Waals surface area contributed by atoms with Crippen LogP contribution >= 0.6 is 0 Å². The highest BCUT2D eigenvalue weighted by Crippen LogP contribution is 2.27. The van der Waals surface area contributed by atoms with Gasteiger partial charge in [0.25, 0.3) is 15.9 Å². The Morgan fingerprint density at radius 3 is 2.18 bits per heavy atom. The standard InChI is InChI=1S/C22H21N3O7S/c1-15(32-21-6-4-3-5-20(21)25(27)28)22(26)23-16-9-13-19(14-10-16)33(29,30)24-17-7-11-18(31-2)12-8-17/h3-15,24H,1-2H3,(H,23,26). The first-order chi connectivity index (χ1) is 15.7. The Morgan fingerprint density at radius 1 is 0.970 bits per heavy atom. The van der Waals surface area contributed by atoms with Crippen LogP contribution in [0.5, 0.6) is 11.5 Å². The molecule has 0 saturated carbocycles. The maximum atomic E-state index is 12.6. The minimum Gasteiger partial charge on any atom is -0.497 e. The van der Waals surface area contributed by atoms with Crippen LogP contribution in [0.4, 0.5) is 17.1 Å². The molecule has 2 N–H and O–H groups in total. The number of nitro groups is 1. The lowest BCUT2D eigenvalue weighted by Gasteiger charge is -2.15. The molecule has 3 aromatic carbocycles. The Balaban J connectivity index is 1.64. The molecule has 172 valence electrons. The largest absolute Gasteiger partial charge is 0.497 e. The molecule has 0 bridgehead atoms. The van der Waals surface area contributed by atoms with Crippen molar-refractivity contribution < 1.29 is 27.6 Å². The van der Waals surface area contributed by atoms with Crippen molar-refractivity contribution in [2.24, 2.45) is 0 Å². The Hall–Kier alpha value is -4.12. The predicted octanol–water partition coefficient (Wildman–Crippen LogP) is 3.81. The molecule has 0 saturated heterocycles. The number of methoxy groups -OCH3 is 1. The number of carbonyl (C=O) groups is 1. The van der Waals surface area contributed by atoms with E-state index in [1.54, 1.807) is 30.3 Å². The maximum Gasteiger partial charge on any atom is 0.310 e. The molecule has 0 aliphatic heterocycles. The smallest absolute Gasteiger partial charge is 0.310 e. The fraction of sp³-hybridized carbons (Fsp3) is 0.136. The predicted molar refractivity (Wildman–Crippen MR) is 122 cm³/mol. The quantitative estimate of drug-likeness (QED) is 0.358. The number of nitro benzene ring substituents is 1. The zero-order chi connectivity index (χ0) is 24.0. The first kappa shape index (κ1) is 23.5. The molecule has 1 unspecified atom stereocenters. The van der Waals surface area contributed by atoms with Crippen LogP contribution in [-0.4, -0.2) is 32.5 Å². The summed E-state index contributed by atoms with van der Waals surface area (Å²) in [4.78, 5) is 22.9. The maximum absolute atomic E-state index is 12.6. The number of rotatable bonds is 9. The molecule has 3 rings (SSSR count). The third-order valence-corrected chi connectivity index (χ3v) is 5.91. The molecule has 10 nitrogen and oxygen atoms in total. The average molecular weight is 471 g/mol. The summed E-state index contributed by atoms with van der Waals surface area (Å²) in [5.74, 6) is 0.00873. The number of nitrogens with one attached hydrogen (secondary N) is 2. The van der Waals surface area contributed by atoms with Crippen molar-refractivity contribution in [3.8, 4) is 11.5 Å². The highest BCUT2D eigenvalue weighted by Gasteiger charge is 2.21. The average Bonchev–Trinajstić information content (AvgIpc) is 2.80. The number of ether oxygens (including phenoxy) is 2. The molecule has 0 aliphatic carbocycles. The number of carbonyl (C=O) groups excluding carboxylic acids is 1. The first-order valence-electron chi connectivity index (χ1n) is 9.67. The van der Waals surface area contributed by atoms with Crippen LogP contribution in [0.25, 0.3) is 0 Å². The van der Waals surface area contributed by atoms with Gasteiger partial charge in [0.1, 0.15) is 5.75 Å². The molecular weight excluding hydrogens is 450 g/mol. The molecule has 0 aliphatic rings. The van der Waals surface area contributed by atoms with Crippen LogP contribution in [-0.2, 0) is 14.8 Å². The Morgan fingerprint density at radius 2 is 1.58 bits per heavy atom. The van der Waals surface area contributed by atoms with Gasteiger partial charge in [0.15, 0.2) is 11.9 Å². The van der Waals surface area contributed by atoms with Crippen LogP contribution < -0.4 is 19.5 Å². The van der Waals surface area contributed by atoms with E-state index < -0.39 is 27.0 Å². The lowest BCUT2D eigenvalue weighted by atomic mass is 10.2. The summed E-state index contributed by atoms with van der Waals surface area (Å²) >= 11 is 0. The van der Waals surface area contributed by atoms with E-state index in [-0.39, 0.29) is 16.3 Å². The van der Waals surface area contributed by atoms with Gasteiger partial charge in [-0.05, 0) is 61.5 Å². The summed E-state index contributed by atoms with van der Waals surface area (Å²) in [5.41, 5.74) is 0.451. The van der Waals surface area contributed by atoms with Crippen molar-refractivity contribution in [2.75, 3.05) is 17.1 Å². The van der Waals surface area contributed by atoms with Crippen molar-refractivity contribution in [3.05, 3.63) is 82.9 Å². The molecule has 1 atom stereocenters. The number of para-hydroxylation sites is 2. The molecule has 1 amide bonds. The van der Waals surface area contributed by atoms with Gasteiger partial charge in [0.05, 0.1) is 16.9 Å². The Kier molecular flexibility index (Phi) is 7.13. The number of hydrogen-bond acceptors (Lipinski definition) is 7. The summed E-state index contributed by atoms with van der Waals surface area (Å²) in [5, 5.41) is 13.7. The van der Waals surface area contributed by atoms with E-state index in [1.807, 2.05) is 0 Å². The van der Waals surface area contributed by atoms with Gasteiger partial charge in [-0.2, -0.15) is 0 Å². The van der Waals surface area contributed by atoms with Gasteiger partial charge in [-0.3, -0.25) is 19.6 Å². The van der Waals surface area contributed by atoms with Crippen LogP contribution in [0.2, 0.25) is 0 Å². The minimum absolute atomic E-state index is 0.000487. The van der Waals surface area contributed by atoms with E-state index in [4.69, 9.17) is 9.47 Å². The van der Waals surface area contributed by atoms with Gasteiger partial charge < -0.3 is 14.8 Å². The lowest BCUT2D eigenvalue weighted by molar-refractivity contribution is -0.386. The topological polar surface area (TPSA) is 137 Å². The third kappa shape index (κ3) is 5.98. The van der Waals surface area contributed by atoms with Crippen LogP contribution in [0.1, 0.15) is 6.92 Å². The molecule has 3 aromatic rings. The van der Waals surface area contributed by atoms with Gasteiger partial charge >= 0.3 is 5.69 Å². The second-order valence-electron chi connectivity index (χ2n) is 6.83. The van der Waals surface area contributed by atoms with Crippen molar-refractivity contribution in [3.63, 3.8) is 0 Å². The number of hydrogen-bond donors (Lipinski definition) is 2. The number of benzene rings is 3. The van der Waals surface area contributed by atoms with Crippen molar-refractivity contribution in [1.29, 1.82) is 0 Å². The SMILES string of the molecule is COc1ccc(NS(=O)(=O)c2ccc(NC(=O)C(C)Oc3ccccc3[N+](=O)[O-])cc2)cc1. The molecule has 11 heteroatoms. The van der Waals surface area contributed by atoms with Crippen LogP contribution in [0.3, 0.4) is 0 Å². The molecule has 0 spiro atoms. The second-order valence-corrected chi connectivity index (χ2v) is 8.51. The minimum atomic E-state index is -3.84. The summed E-state index contributed by atoms with van der Waals surface area (Å²) < 4.78 is 38.1. The summed E-state index contributed by atoms with van der Waals surface area (Å²) in [6, 6.07) is 17.7. The highest BCUT2D eigenvalue weighted by atomic mass is 32.2. The molecule has 0 fully saturated rings. The van der Waals surface area contributed by atoms with E-state index in [0.29, 0.717) is 17.1 Å². The summed E-state index contributed by atoms with van der Waals surface area (Å²) in [6.45, 7) is 1.45. The molecule has 0 heterocycles. The first-order valence-corrected chi connectivity index (χ1v) is 11.2. The molecule has 0 radical (unpaired) electrons. The molecular formula is C22H21N3O7S. The van der Waals surface area contributed by atoms with Gasteiger partial charge in [-0.1, -0.05) is 12.1 Å². The number of nitrogens with zero attached hydrogens (tertiary/aromatic N) is 1. The fourth-order valence-electron chi connectivity index (χ4n) is 2.79. The number of amides is 1. The number of sulfonamides is 1. The monoisotopic (exact) mass is 471 g/mol.